The van der Waals surface area contributed by atoms with Gasteiger partial charge in [0.25, 0.3) is 5.91 Å². The van der Waals surface area contributed by atoms with Gasteiger partial charge in [-0.1, -0.05) is 53.0 Å². The SMILES string of the molecule is COCCN(C)C(=O)C1(NC(=O)c2ccc(/C=C/C(c3cc(Cl)c(Cl)c(Cl)c3)C(F)(F)F)cc2Br)CC1. The van der Waals surface area contributed by atoms with Crippen molar-refractivity contribution in [3.8, 4) is 0 Å². The van der Waals surface area contributed by atoms with E-state index in [0.717, 1.165) is 18.2 Å². The average molecular weight is 643 g/mol. The number of carbonyl (C=O) groups excluding carboxylic acids is 2. The summed E-state index contributed by atoms with van der Waals surface area (Å²) >= 11 is 21.0. The van der Waals surface area contributed by atoms with Gasteiger partial charge in [-0.15, -0.1) is 0 Å². The van der Waals surface area contributed by atoms with Gasteiger partial charge >= 0.3 is 6.18 Å². The van der Waals surface area contributed by atoms with Gasteiger partial charge in [0, 0.05) is 25.2 Å². The molecule has 1 aliphatic rings. The molecule has 2 amide bonds. The van der Waals surface area contributed by atoms with Crippen molar-refractivity contribution < 1.29 is 27.5 Å². The molecule has 0 saturated heterocycles. The number of nitrogens with one attached hydrogen (secondary N) is 1. The van der Waals surface area contributed by atoms with Crippen LogP contribution in [0.1, 0.15) is 40.2 Å². The maximum Gasteiger partial charge on any atom is 0.399 e. The van der Waals surface area contributed by atoms with Gasteiger partial charge in [-0.2, -0.15) is 13.2 Å². The third kappa shape index (κ3) is 7.20. The van der Waals surface area contributed by atoms with E-state index in [1.165, 1.54) is 36.3 Å². The molecule has 1 N–H and O–H groups in total. The number of methoxy groups -OCH3 is 1. The van der Waals surface area contributed by atoms with Gasteiger partial charge in [-0.05, 0) is 64.2 Å². The molecule has 1 unspecified atom stereocenters. The summed E-state index contributed by atoms with van der Waals surface area (Å²) in [5, 5.41) is 2.62. The zero-order valence-electron chi connectivity index (χ0n) is 19.8. The number of ether oxygens (including phenoxy) is 1. The van der Waals surface area contributed by atoms with E-state index in [1.807, 2.05) is 0 Å². The van der Waals surface area contributed by atoms with Gasteiger partial charge in [-0.25, -0.2) is 0 Å². The van der Waals surface area contributed by atoms with Crippen LogP contribution in [0.4, 0.5) is 13.2 Å². The van der Waals surface area contributed by atoms with Crippen LogP contribution in [0.25, 0.3) is 6.08 Å². The molecule has 0 aromatic heterocycles. The molecule has 2 aromatic carbocycles. The third-order valence-corrected chi connectivity index (χ3v) is 7.78. The van der Waals surface area contributed by atoms with Crippen LogP contribution in [-0.2, 0) is 9.53 Å². The zero-order valence-corrected chi connectivity index (χ0v) is 23.6. The molecule has 1 fully saturated rings. The Morgan fingerprint density at radius 2 is 1.81 bits per heavy atom. The van der Waals surface area contributed by atoms with E-state index < -0.39 is 23.5 Å². The number of nitrogens with zero attached hydrogens (tertiary/aromatic N) is 1. The molecule has 0 spiro atoms. The number of carbonyl (C=O) groups is 2. The largest absolute Gasteiger partial charge is 0.399 e. The molecular weight excluding hydrogens is 620 g/mol. The number of benzene rings is 2. The standard InChI is InChI=1S/C25H23BrCl3F3N2O3/c1-34(9-10-37-2)23(36)24(7-8-24)33-22(35)16-5-3-14(11-18(16)26)4-6-17(25(30,31)32)15-12-19(27)21(29)20(28)13-15/h3-6,11-13,17H,7-10H2,1-2H3,(H,33,35)/b6-4+. The molecule has 0 heterocycles. The van der Waals surface area contributed by atoms with E-state index in [1.54, 1.807) is 7.05 Å². The van der Waals surface area contributed by atoms with Crippen molar-refractivity contribution >= 4 is 68.6 Å². The first kappa shape index (κ1) is 29.8. The van der Waals surface area contributed by atoms with E-state index in [4.69, 9.17) is 39.5 Å². The van der Waals surface area contributed by atoms with Gasteiger partial charge < -0.3 is 15.0 Å². The van der Waals surface area contributed by atoms with E-state index in [-0.39, 0.29) is 32.1 Å². The predicted octanol–water partition coefficient (Wildman–Crippen LogP) is 7.14. The number of rotatable bonds is 9. The number of halogens is 7. The molecule has 2 aromatic rings. The first-order valence-corrected chi connectivity index (χ1v) is 13.0. The number of alkyl halides is 3. The summed E-state index contributed by atoms with van der Waals surface area (Å²) in [6, 6.07) is 6.77. The van der Waals surface area contributed by atoms with Crippen molar-refractivity contribution in [3.05, 3.63) is 72.6 Å². The summed E-state index contributed by atoms with van der Waals surface area (Å²) in [4.78, 5) is 27.2. The van der Waals surface area contributed by atoms with E-state index in [0.29, 0.717) is 36.0 Å². The minimum atomic E-state index is -4.62. The molecule has 12 heteroatoms. The molecular formula is C25H23BrCl3F3N2O3. The Bertz CT molecular complexity index is 1200. The third-order valence-electron chi connectivity index (χ3n) is 5.93. The molecule has 3 rings (SSSR count). The number of hydrogen-bond acceptors (Lipinski definition) is 3. The minimum Gasteiger partial charge on any atom is -0.383 e. The topological polar surface area (TPSA) is 58.6 Å². The Labute approximate surface area is 236 Å². The van der Waals surface area contributed by atoms with Crippen LogP contribution >= 0.6 is 50.7 Å². The van der Waals surface area contributed by atoms with Crippen LogP contribution in [0.5, 0.6) is 0 Å². The number of amides is 2. The first-order valence-electron chi connectivity index (χ1n) is 11.0. The Kier molecular flexibility index (Phi) is 9.61. The van der Waals surface area contributed by atoms with Crippen molar-refractivity contribution in [1.82, 2.24) is 10.2 Å². The van der Waals surface area contributed by atoms with Crippen molar-refractivity contribution in [2.45, 2.75) is 30.5 Å². The van der Waals surface area contributed by atoms with Gasteiger partial charge in [0.2, 0.25) is 5.91 Å². The highest BCUT2D eigenvalue weighted by Gasteiger charge is 2.52. The second-order valence-electron chi connectivity index (χ2n) is 8.67. The van der Waals surface area contributed by atoms with Crippen LogP contribution in [0.2, 0.25) is 15.1 Å². The predicted molar refractivity (Wildman–Crippen MR) is 142 cm³/mol. The summed E-state index contributed by atoms with van der Waals surface area (Å²) in [6.07, 6.45) is -1.31. The number of hydrogen-bond donors (Lipinski definition) is 1. The summed E-state index contributed by atoms with van der Waals surface area (Å²) in [6.45, 7) is 0.769. The summed E-state index contributed by atoms with van der Waals surface area (Å²) in [7, 11) is 3.18. The fourth-order valence-corrected chi connectivity index (χ4v) is 4.88. The maximum atomic E-state index is 13.8. The van der Waals surface area contributed by atoms with E-state index in [2.05, 4.69) is 21.2 Å². The highest BCUT2D eigenvalue weighted by molar-refractivity contribution is 9.10. The number of likely N-dealkylation sites (N-methyl/N-ethyl adjacent to an activating group) is 1. The van der Waals surface area contributed by atoms with Crippen molar-refractivity contribution in [2.24, 2.45) is 0 Å². The van der Waals surface area contributed by atoms with Crippen LogP contribution in [0.15, 0.2) is 40.9 Å². The van der Waals surface area contributed by atoms with Gasteiger partial charge in [0.15, 0.2) is 0 Å². The lowest BCUT2D eigenvalue weighted by Gasteiger charge is -2.24. The summed E-state index contributed by atoms with van der Waals surface area (Å²) in [5.41, 5.74) is -0.452. The van der Waals surface area contributed by atoms with Crippen LogP contribution in [-0.4, -0.2) is 55.7 Å². The molecule has 1 saturated carbocycles. The summed E-state index contributed by atoms with van der Waals surface area (Å²) < 4.78 is 46.8. The minimum absolute atomic E-state index is 0.0221. The second kappa shape index (κ2) is 11.9. The fourth-order valence-electron chi connectivity index (χ4n) is 3.69. The highest BCUT2D eigenvalue weighted by Crippen LogP contribution is 2.41. The molecule has 5 nitrogen and oxygen atoms in total. The Morgan fingerprint density at radius 1 is 1.19 bits per heavy atom. The quantitative estimate of drug-likeness (QED) is 0.296. The van der Waals surface area contributed by atoms with Crippen molar-refractivity contribution in [3.63, 3.8) is 0 Å². The summed E-state index contributed by atoms with van der Waals surface area (Å²) in [5.74, 6) is -2.65. The zero-order chi connectivity index (χ0) is 27.5. The monoisotopic (exact) mass is 640 g/mol. The molecule has 1 aliphatic carbocycles. The second-order valence-corrected chi connectivity index (χ2v) is 10.7. The fraction of sp³-hybridized carbons (Fsp3) is 0.360. The van der Waals surface area contributed by atoms with Crippen LogP contribution < -0.4 is 5.32 Å². The van der Waals surface area contributed by atoms with Crippen LogP contribution in [0.3, 0.4) is 0 Å². The van der Waals surface area contributed by atoms with Gasteiger partial charge in [0.05, 0.1) is 33.2 Å². The average Bonchev–Trinajstić information content (AvgIpc) is 3.60. The number of allylic oxidation sites excluding steroid dienone is 1. The lowest BCUT2D eigenvalue weighted by molar-refractivity contribution is -0.139. The maximum absolute atomic E-state index is 13.8. The highest BCUT2D eigenvalue weighted by atomic mass is 79.9. The van der Waals surface area contributed by atoms with E-state index in [9.17, 15) is 22.8 Å². The normalized spacial score (nSPS) is 15.5. The molecule has 200 valence electrons. The van der Waals surface area contributed by atoms with E-state index >= 15 is 0 Å². The van der Waals surface area contributed by atoms with Gasteiger partial charge in [0.1, 0.15) is 5.54 Å². The molecule has 0 bridgehead atoms. The Hall–Kier alpha value is -1.78. The van der Waals surface area contributed by atoms with Gasteiger partial charge in [-0.3, -0.25) is 9.59 Å². The smallest absolute Gasteiger partial charge is 0.383 e. The molecule has 0 aliphatic heterocycles. The Balaban J connectivity index is 1.77. The molecule has 1 atom stereocenters. The van der Waals surface area contributed by atoms with Crippen molar-refractivity contribution in [2.75, 3.05) is 27.3 Å². The first-order chi connectivity index (χ1) is 17.3. The van der Waals surface area contributed by atoms with Crippen LogP contribution in [0, 0.1) is 0 Å². The lowest BCUT2D eigenvalue weighted by Crippen LogP contribution is -2.50. The molecule has 37 heavy (non-hydrogen) atoms. The lowest BCUT2D eigenvalue weighted by atomic mass is 9.97. The van der Waals surface area contributed by atoms with Crippen molar-refractivity contribution in [1.29, 1.82) is 0 Å². The molecule has 0 radical (unpaired) electrons. The Morgan fingerprint density at radius 3 is 2.32 bits per heavy atom.